The van der Waals surface area contributed by atoms with Gasteiger partial charge in [-0.2, -0.15) is 0 Å². The van der Waals surface area contributed by atoms with E-state index in [9.17, 15) is 4.79 Å². The van der Waals surface area contributed by atoms with Crippen molar-refractivity contribution in [1.29, 1.82) is 0 Å². The molecule has 0 spiro atoms. The van der Waals surface area contributed by atoms with E-state index < -0.39 is 0 Å². The smallest absolute Gasteiger partial charge is 0.265 e. The van der Waals surface area contributed by atoms with E-state index in [1.807, 2.05) is 11.5 Å². The Bertz CT molecular complexity index is 222. The minimum absolute atomic E-state index is 0. The summed E-state index contributed by atoms with van der Waals surface area (Å²) in [5.74, 6) is 4.64. The second-order valence-electron chi connectivity index (χ2n) is 1.84. The summed E-state index contributed by atoms with van der Waals surface area (Å²) in [5, 5.41) is 0. The van der Waals surface area contributed by atoms with Crippen molar-refractivity contribution in [3.63, 3.8) is 0 Å². The lowest BCUT2D eigenvalue weighted by atomic mass is 10.2. The Morgan fingerprint density at radius 2 is 1.82 bits per heavy atom. The van der Waals surface area contributed by atoms with Crippen LogP contribution in [0.2, 0.25) is 0 Å². The van der Waals surface area contributed by atoms with Crippen molar-refractivity contribution in [3.05, 3.63) is 35.9 Å². The van der Waals surface area contributed by atoms with Gasteiger partial charge in [0.15, 0.2) is 0 Å². The third-order valence-corrected chi connectivity index (χ3v) is 1.17. The van der Waals surface area contributed by atoms with Gasteiger partial charge in [0.05, 0.1) is 0 Å². The maximum Gasteiger partial charge on any atom is 0.265 e. The molecule has 0 bridgehead atoms. The molecule has 60 valence electrons. The summed E-state index contributed by atoms with van der Waals surface area (Å²) in [7, 11) is 0. The lowest BCUT2D eigenvalue weighted by Crippen LogP contribution is -2.29. The lowest BCUT2D eigenvalue weighted by Gasteiger charge is -1.95. The van der Waals surface area contributed by atoms with Crippen LogP contribution in [0.15, 0.2) is 30.3 Å². The molecule has 0 saturated carbocycles. The van der Waals surface area contributed by atoms with Crippen molar-refractivity contribution in [1.82, 2.24) is 11.6 Å². The van der Waals surface area contributed by atoms with Crippen molar-refractivity contribution >= 4 is 5.91 Å². The fourth-order valence-electron chi connectivity index (χ4n) is 0.673. The zero-order chi connectivity index (χ0) is 7.40. The average Bonchev–Trinajstić information content (AvgIpc) is 2.05. The monoisotopic (exact) mass is 153 g/mol. The molecule has 0 atom stereocenters. The average molecular weight is 153 g/mol. The number of nitrogens with one attached hydrogen (secondary N) is 1. The highest BCUT2D eigenvalue weighted by Gasteiger charge is 1.98. The molecule has 1 aromatic carbocycles. The van der Waals surface area contributed by atoms with E-state index in [4.69, 9.17) is 5.84 Å². The van der Waals surface area contributed by atoms with Crippen LogP contribution in [0.4, 0.5) is 0 Å². The molecule has 4 nitrogen and oxygen atoms in total. The Morgan fingerprint density at radius 3 is 2.27 bits per heavy atom. The normalized spacial score (nSPS) is 8.09. The van der Waals surface area contributed by atoms with Crippen LogP contribution < -0.4 is 17.4 Å². The second-order valence-corrected chi connectivity index (χ2v) is 1.84. The maximum absolute atomic E-state index is 10.8. The summed E-state index contributed by atoms with van der Waals surface area (Å²) in [6, 6.07) is 8.80. The molecule has 6 N–H and O–H groups in total. The molecule has 1 rings (SSSR count). The van der Waals surface area contributed by atoms with E-state index in [1.54, 1.807) is 24.3 Å². The van der Waals surface area contributed by atoms with Gasteiger partial charge in [0.25, 0.3) is 5.91 Å². The quantitative estimate of drug-likeness (QED) is 0.311. The van der Waals surface area contributed by atoms with Gasteiger partial charge in [0, 0.05) is 5.56 Å². The summed E-state index contributed by atoms with van der Waals surface area (Å²) in [6.07, 6.45) is 0. The number of carbonyl (C=O) groups is 1. The summed E-state index contributed by atoms with van der Waals surface area (Å²) in [4.78, 5) is 10.8. The van der Waals surface area contributed by atoms with Crippen LogP contribution in [0.3, 0.4) is 0 Å². The molecule has 0 aliphatic heterocycles. The summed E-state index contributed by atoms with van der Waals surface area (Å²) >= 11 is 0. The molecule has 0 unspecified atom stereocenters. The van der Waals surface area contributed by atoms with Gasteiger partial charge in [-0.3, -0.25) is 10.2 Å². The molecule has 0 radical (unpaired) electrons. The van der Waals surface area contributed by atoms with E-state index in [-0.39, 0.29) is 12.1 Å². The Morgan fingerprint density at radius 1 is 1.27 bits per heavy atom. The molecule has 0 aliphatic rings. The molecule has 0 aliphatic carbocycles. The first-order valence-electron chi connectivity index (χ1n) is 2.90. The molecule has 1 aromatic rings. The van der Waals surface area contributed by atoms with Gasteiger partial charge < -0.3 is 6.15 Å². The van der Waals surface area contributed by atoms with Crippen molar-refractivity contribution in [3.8, 4) is 0 Å². The molecule has 0 heterocycles. The van der Waals surface area contributed by atoms with Gasteiger partial charge in [0.1, 0.15) is 0 Å². The van der Waals surface area contributed by atoms with Gasteiger partial charge in [0.2, 0.25) is 0 Å². The zero-order valence-electron chi connectivity index (χ0n) is 6.08. The minimum atomic E-state index is -0.263. The first kappa shape index (κ1) is 9.61. The number of carbonyl (C=O) groups excluding carboxylic acids is 1. The number of amides is 1. The van der Waals surface area contributed by atoms with Gasteiger partial charge in [-0.15, -0.1) is 0 Å². The van der Waals surface area contributed by atoms with Gasteiger partial charge in [-0.1, -0.05) is 18.2 Å². The third kappa shape index (κ3) is 2.37. The first-order chi connectivity index (χ1) is 4.84. The highest BCUT2D eigenvalue weighted by Crippen LogP contribution is 1.95. The van der Waals surface area contributed by atoms with Crippen LogP contribution in [-0.2, 0) is 0 Å². The van der Waals surface area contributed by atoms with Crippen LogP contribution in [0.25, 0.3) is 0 Å². The summed E-state index contributed by atoms with van der Waals surface area (Å²) < 4.78 is 0. The van der Waals surface area contributed by atoms with Crippen LogP contribution >= 0.6 is 0 Å². The third-order valence-electron chi connectivity index (χ3n) is 1.17. The molecule has 11 heavy (non-hydrogen) atoms. The van der Waals surface area contributed by atoms with E-state index >= 15 is 0 Å². The predicted octanol–water partition coefficient (Wildman–Crippen LogP) is 0.452. The van der Waals surface area contributed by atoms with Crippen LogP contribution in [0, 0.1) is 0 Å². The van der Waals surface area contributed by atoms with Crippen LogP contribution in [0.5, 0.6) is 0 Å². The molecule has 1 amide bonds. The second kappa shape index (κ2) is 4.43. The van der Waals surface area contributed by atoms with Gasteiger partial charge in [-0.25, -0.2) is 5.84 Å². The number of hydrogen-bond acceptors (Lipinski definition) is 3. The van der Waals surface area contributed by atoms with E-state index in [1.165, 1.54) is 0 Å². The molecule has 0 fully saturated rings. The molecule has 4 heteroatoms. The Labute approximate surface area is 65.0 Å². The van der Waals surface area contributed by atoms with Gasteiger partial charge >= 0.3 is 0 Å². The number of hydrogen-bond donors (Lipinski definition) is 3. The number of nitrogens with two attached hydrogens (primary N) is 1. The van der Waals surface area contributed by atoms with E-state index in [0.29, 0.717) is 5.56 Å². The van der Waals surface area contributed by atoms with E-state index in [0.717, 1.165) is 0 Å². The van der Waals surface area contributed by atoms with Crippen LogP contribution in [0.1, 0.15) is 10.4 Å². The SMILES string of the molecule is N.NNC(=O)c1ccccc1. The number of nitrogen functional groups attached to an aromatic ring is 1. The number of benzene rings is 1. The van der Waals surface area contributed by atoms with Crippen LogP contribution in [-0.4, -0.2) is 5.91 Å². The zero-order valence-corrected chi connectivity index (χ0v) is 6.08. The fourth-order valence-corrected chi connectivity index (χ4v) is 0.673. The molecule has 0 saturated heterocycles. The highest BCUT2D eigenvalue weighted by molar-refractivity contribution is 5.93. The molecular weight excluding hydrogens is 142 g/mol. The number of rotatable bonds is 1. The van der Waals surface area contributed by atoms with Crippen molar-refractivity contribution in [2.45, 2.75) is 0 Å². The first-order valence-corrected chi connectivity index (χ1v) is 2.90. The summed E-state index contributed by atoms with van der Waals surface area (Å²) in [5.41, 5.74) is 2.62. The van der Waals surface area contributed by atoms with Gasteiger partial charge in [-0.05, 0) is 12.1 Å². The lowest BCUT2D eigenvalue weighted by molar-refractivity contribution is 0.0953. The largest absolute Gasteiger partial charge is 0.344 e. The number of hydrazine groups is 1. The van der Waals surface area contributed by atoms with E-state index in [2.05, 4.69) is 0 Å². The fraction of sp³-hybridized carbons (Fsp3) is 0. The Balaban J connectivity index is 0.000001000. The Hall–Kier alpha value is -1.39. The minimum Gasteiger partial charge on any atom is -0.344 e. The standard InChI is InChI=1S/C7H8N2O.H3N/c8-9-7(10)6-4-2-1-3-5-6;/h1-5H,8H2,(H,9,10);1H3. The molecular formula is C7H11N3O. The maximum atomic E-state index is 10.8. The van der Waals surface area contributed by atoms with Crippen molar-refractivity contribution in [2.24, 2.45) is 5.84 Å². The highest BCUT2D eigenvalue weighted by atomic mass is 16.2. The van der Waals surface area contributed by atoms with Crippen molar-refractivity contribution < 1.29 is 4.79 Å². The Kier molecular flexibility index (Phi) is 3.87. The topological polar surface area (TPSA) is 90.1 Å². The van der Waals surface area contributed by atoms with Crippen molar-refractivity contribution in [2.75, 3.05) is 0 Å². The summed E-state index contributed by atoms with van der Waals surface area (Å²) in [6.45, 7) is 0. The predicted molar refractivity (Wildman–Crippen MR) is 43.1 cm³/mol. The molecule has 0 aromatic heterocycles.